The molecule has 0 aromatic carbocycles. The number of carbonyl (C=O) groups excluding carboxylic acids is 1. The number of pyridine rings is 1. The molecule has 0 aliphatic heterocycles. The molecule has 0 radical (unpaired) electrons. The Morgan fingerprint density at radius 2 is 2.20 bits per heavy atom. The lowest BCUT2D eigenvalue weighted by Crippen LogP contribution is -2.27. The Labute approximate surface area is 125 Å². The van der Waals surface area contributed by atoms with Gasteiger partial charge in [0.15, 0.2) is 0 Å². The SMILES string of the molecule is Cc1cc(C)c(C#N)c(SCC(=O)NCCC(C)C)n1. The van der Waals surface area contributed by atoms with Crippen molar-refractivity contribution in [3.05, 3.63) is 22.9 Å². The maximum atomic E-state index is 11.7. The average molecular weight is 291 g/mol. The Hall–Kier alpha value is -1.54. The minimum atomic E-state index is -0.0134. The van der Waals surface area contributed by atoms with Crippen LogP contribution >= 0.6 is 11.8 Å². The van der Waals surface area contributed by atoms with Crippen molar-refractivity contribution >= 4 is 17.7 Å². The van der Waals surface area contributed by atoms with Crippen LogP contribution in [-0.2, 0) is 4.79 Å². The van der Waals surface area contributed by atoms with Crippen LogP contribution in [0.2, 0.25) is 0 Å². The monoisotopic (exact) mass is 291 g/mol. The molecular formula is C15H21N3OS. The van der Waals surface area contributed by atoms with Gasteiger partial charge in [0.1, 0.15) is 11.1 Å². The van der Waals surface area contributed by atoms with E-state index in [0.717, 1.165) is 17.7 Å². The van der Waals surface area contributed by atoms with Gasteiger partial charge in [-0.25, -0.2) is 4.98 Å². The summed E-state index contributed by atoms with van der Waals surface area (Å²) in [4.78, 5) is 16.1. The number of hydrogen-bond donors (Lipinski definition) is 1. The number of nitrogens with zero attached hydrogens (tertiary/aromatic N) is 2. The molecule has 0 spiro atoms. The number of aromatic nitrogens is 1. The molecule has 1 aromatic heterocycles. The van der Waals surface area contributed by atoms with Crippen molar-refractivity contribution in [1.29, 1.82) is 5.26 Å². The molecule has 108 valence electrons. The van der Waals surface area contributed by atoms with E-state index < -0.39 is 0 Å². The lowest BCUT2D eigenvalue weighted by Gasteiger charge is -2.09. The molecule has 0 fully saturated rings. The van der Waals surface area contributed by atoms with Gasteiger partial charge in [-0.15, -0.1) is 0 Å². The maximum absolute atomic E-state index is 11.7. The molecule has 0 bridgehead atoms. The van der Waals surface area contributed by atoms with E-state index >= 15 is 0 Å². The zero-order valence-corrected chi connectivity index (χ0v) is 13.3. The van der Waals surface area contributed by atoms with Gasteiger partial charge in [-0.05, 0) is 37.8 Å². The molecule has 1 heterocycles. The summed E-state index contributed by atoms with van der Waals surface area (Å²) in [5, 5.41) is 12.7. The summed E-state index contributed by atoms with van der Waals surface area (Å²) < 4.78 is 0. The Bertz CT molecular complexity index is 521. The molecule has 5 heteroatoms. The molecular weight excluding hydrogens is 270 g/mol. The zero-order valence-electron chi connectivity index (χ0n) is 12.5. The molecule has 1 aromatic rings. The first-order chi connectivity index (χ1) is 9.43. The normalized spacial score (nSPS) is 10.4. The number of aryl methyl sites for hydroxylation is 2. The van der Waals surface area contributed by atoms with Crippen molar-refractivity contribution in [3.63, 3.8) is 0 Å². The lowest BCUT2D eigenvalue weighted by molar-refractivity contribution is -0.118. The summed E-state index contributed by atoms with van der Waals surface area (Å²) >= 11 is 1.32. The van der Waals surface area contributed by atoms with E-state index in [0.29, 0.717) is 28.8 Å². The maximum Gasteiger partial charge on any atom is 0.230 e. The number of carbonyl (C=O) groups is 1. The zero-order chi connectivity index (χ0) is 15.1. The highest BCUT2D eigenvalue weighted by atomic mass is 32.2. The summed E-state index contributed by atoms with van der Waals surface area (Å²) in [6.45, 7) is 8.72. The van der Waals surface area contributed by atoms with Gasteiger partial charge in [-0.3, -0.25) is 4.79 Å². The van der Waals surface area contributed by atoms with Crippen molar-refractivity contribution < 1.29 is 4.79 Å². The third-order valence-corrected chi connectivity index (χ3v) is 3.78. The number of amides is 1. The van der Waals surface area contributed by atoms with Gasteiger partial charge in [0.2, 0.25) is 5.91 Å². The molecule has 0 aliphatic rings. The van der Waals surface area contributed by atoms with Crippen LogP contribution in [0.4, 0.5) is 0 Å². The van der Waals surface area contributed by atoms with Gasteiger partial charge in [0, 0.05) is 12.2 Å². The molecule has 0 atom stereocenters. The van der Waals surface area contributed by atoms with Crippen LogP contribution in [0.25, 0.3) is 0 Å². The number of rotatable bonds is 6. The first-order valence-electron chi connectivity index (χ1n) is 6.72. The topological polar surface area (TPSA) is 65.8 Å². The smallest absolute Gasteiger partial charge is 0.230 e. The van der Waals surface area contributed by atoms with Crippen LogP contribution in [0, 0.1) is 31.1 Å². The van der Waals surface area contributed by atoms with Gasteiger partial charge >= 0.3 is 0 Å². The Kier molecular flexibility index (Phi) is 6.53. The molecule has 1 rings (SSSR count). The first-order valence-corrected chi connectivity index (χ1v) is 7.70. The van der Waals surface area contributed by atoms with Crippen LogP contribution in [-0.4, -0.2) is 23.2 Å². The Morgan fingerprint density at radius 3 is 2.80 bits per heavy atom. The predicted molar refractivity (Wildman–Crippen MR) is 81.6 cm³/mol. The summed E-state index contributed by atoms with van der Waals surface area (Å²) in [5.41, 5.74) is 2.34. The van der Waals surface area contributed by atoms with Crippen LogP contribution in [0.15, 0.2) is 11.1 Å². The van der Waals surface area contributed by atoms with E-state index in [2.05, 4.69) is 30.2 Å². The number of nitrogens with one attached hydrogen (secondary N) is 1. The fourth-order valence-electron chi connectivity index (χ4n) is 1.73. The summed E-state index contributed by atoms with van der Waals surface area (Å²) in [6.07, 6.45) is 0.974. The predicted octanol–water partition coefficient (Wildman–Crippen LogP) is 2.82. The van der Waals surface area contributed by atoms with Crippen LogP contribution < -0.4 is 5.32 Å². The van der Waals surface area contributed by atoms with Crippen molar-refractivity contribution in [2.45, 2.75) is 39.1 Å². The van der Waals surface area contributed by atoms with Gasteiger partial charge in [0.25, 0.3) is 0 Å². The van der Waals surface area contributed by atoms with Gasteiger partial charge in [-0.1, -0.05) is 25.6 Å². The number of thioether (sulfide) groups is 1. The standard InChI is InChI=1S/C15H21N3OS/c1-10(2)5-6-17-14(19)9-20-15-13(8-16)11(3)7-12(4)18-15/h7,10H,5-6,9H2,1-4H3,(H,17,19). The second kappa shape index (κ2) is 7.91. The third kappa shape index (κ3) is 5.22. The van der Waals surface area contributed by atoms with Crippen LogP contribution in [0.3, 0.4) is 0 Å². The molecule has 4 nitrogen and oxygen atoms in total. The minimum Gasteiger partial charge on any atom is -0.355 e. The van der Waals surface area contributed by atoms with Crippen molar-refractivity contribution in [2.75, 3.05) is 12.3 Å². The molecule has 0 unspecified atom stereocenters. The fraction of sp³-hybridized carbons (Fsp3) is 0.533. The second-order valence-electron chi connectivity index (χ2n) is 5.19. The van der Waals surface area contributed by atoms with Crippen molar-refractivity contribution in [1.82, 2.24) is 10.3 Å². The van der Waals surface area contributed by atoms with Crippen molar-refractivity contribution in [3.8, 4) is 6.07 Å². The summed E-state index contributed by atoms with van der Waals surface area (Å²) in [7, 11) is 0. The number of nitriles is 1. The van der Waals surface area contributed by atoms with E-state index in [1.807, 2.05) is 19.9 Å². The molecule has 1 N–H and O–H groups in total. The highest BCUT2D eigenvalue weighted by Gasteiger charge is 2.11. The Morgan fingerprint density at radius 1 is 1.50 bits per heavy atom. The average Bonchev–Trinajstić information content (AvgIpc) is 2.35. The van der Waals surface area contributed by atoms with Crippen LogP contribution in [0.5, 0.6) is 0 Å². The third-order valence-electron chi connectivity index (χ3n) is 2.81. The Balaban J connectivity index is 2.58. The van der Waals surface area contributed by atoms with E-state index in [-0.39, 0.29) is 5.91 Å². The molecule has 0 aliphatic carbocycles. The second-order valence-corrected chi connectivity index (χ2v) is 6.16. The highest BCUT2D eigenvalue weighted by Crippen LogP contribution is 2.23. The van der Waals surface area contributed by atoms with E-state index in [9.17, 15) is 4.79 Å². The van der Waals surface area contributed by atoms with E-state index in [1.54, 1.807) is 0 Å². The fourth-order valence-corrected chi connectivity index (χ4v) is 2.66. The van der Waals surface area contributed by atoms with Gasteiger partial charge in [0.05, 0.1) is 11.3 Å². The van der Waals surface area contributed by atoms with E-state index in [4.69, 9.17) is 5.26 Å². The minimum absolute atomic E-state index is 0.0134. The molecule has 0 saturated carbocycles. The summed E-state index contributed by atoms with van der Waals surface area (Å²) in [5.74, 6) is 0.859. The molecule has 20 heavy (non-hydrogen) atoms. The number of hydrogen-bond acceptors (Lipinski definition) is 4. The first kappa shape index (κ1) is 16.5. The highest BCUT2D eigenvalue weighted by molar-refractivity contribution is 8.00. The van der Waals surface area contributed by atoms with Gasteiger partial charge < -0.3 is 5.32 Å². The quantitative estimate of drug-likeness (QED) is 0.818. The largest absolute Gasteiger partial charge is 0.355 e. The van der Waals surface area contributed by atoms with Gasteiger partial charge in [-0.2, -0.15) is 5.26 Å². The van der Waals surface area contributed by atoms with Crippen LogP contribution in [0.1, 0.15) is 37.1 Å². The summed E-state index contributed by atoms with van der Waals surface area (Å²) in [6, 6.07) is 4.04. The molecule has 0 saturated heterocycles. The molecule has 1 amide bonds. The van der Waals surface area contributed by atoms with E-state index in [1.165, 1.54) is 11.8 Å². The van der Waals surface area contributed by atoms with Crippen molar-refractivity contribution in [2.24, 2.45) is 5.92 Å². The lowest BCUT2D eigenvalue weighted by atomic mass is 10.1.